The van der Waals surface area contributed by atoms with Crippen LogP contribution >= 0.6 is 0 Å². The van der Waals surface area contributed by atoms with Crippen LogP contribution in [0.4, 0.5) is 11.4 Å². The molecule has 0 atom stereocenters. The van der Waals surface area contributed by atoms with Crippen molar-refractivity contribution >= 4 is 23.1 Å². The third kappa shape index (κ3) is 2.55. The highest BCUT2D eigenvalue weighted by atomic mass is 16.1. The molecule has 2 rings (SSSR count). The summed E-state index contributed by atoms with van der Waals surface area (Å²) in [6, 6.07) is 5.81. The highest BCUT2D eigenvalue weighted by Crippen LogP contribution is 2.24. The van der Waals surface area contributed by atoms with E-state index in [0.717, 1.165) is 29.9 Å². The van der Waals surface area contributed by atoms with E-state index in [1.54, 1.807) is 0 Å². The minimum Gasteiger partial charge on any atom is -0.386 e. The number of anilines is 2. The molecule has 0 saturated heterocycles. The SMILES string of the molecule is CC(=O)Nc1ccc(N2CCC(N)=N2)cc1C. The van der Waals surface area contributed by atoms with Crippen molar-refractivity contribution in [1.82, 2.24) is 0 Å². The first kappa shape index (κ1) is 11.4. The summed E-state index contributed by atoms with van der Waals surface area (Å²) in [5.74, 6) is 0.595. The standard InChI is InChI=1S/C12H16N4O/c1-8-7-10(16-6-5-12(13)15-16)3-4-11(8)14-9(2)17/h3-4,7H,5-6H2,1-2H3,(H2,13,15)(H,14,17). The second-order valence-electron chi connectivity index (χ2n) is 4.14. The number of hydrogen-bond acceptors (Lipinski definition) is 4. The zero-order chi connectivity index (χ0) is 12.4. The van der Waals surface area contributed by atoms with Crippen molar-refractivity contribution in [3.05, 3.63) is 23.8 Å². The highest BCUT2D eigenvalue weighted by Gasteiger charge is 2.14. The maximum absolute atomic E-state index is 11.0. The summed E-state index contributed by atoms with van der Waals surface area (Å²) in [5, 5.41) is 8.89. The van der Waals surface area contributed by atoms with Crippen LogP contribution in [0.1, 0.15) is 18.9 Å². The van der Waals surface area contributed by atoms with Crippen molar-refractivity contribution in [2.45, 2.75) is 20.3 Å². The van der Waals surface area contributed by atoms with Crippen molar-refractivity contribution in [1.29, 1.82) is 0 Å². The van der Waals surface area contributed by atoms with E-state index in [2.05, 4.69) is 10.4 Å². The molecule has 0 unspecified atom stereocenters. The number of carbonyl (C=O) groups excluding carboxylic acids is 1. The first-order valence-corrected chi connectivity index (χ1v) is 5.55. The third-order valence-electron chi connectivity index (χ3n) is 2.65. The molecule has 17 heavy (non-hydrogen) atoms. The molecule has 0 spiro atoms. The van der Waals surface area contributed by atoms with Crippen LogP contribution in [0.25, 0.3) is 0 Å². The molecule has 0 bridgehead atoms. The first-order valence-electron chi connectivity index (χ1n) is 5.55. The molecule has 1 heterocycles. The van der Waals surface area contributed by atoms with E-state index in [-0.39, 0.29) is 5.91 Å². The number of hydrazone groups is 1. The van der Waals surface area contributed by atoms with E-state index < -0.39 is 0 Å². The second-order valence-corrected chi connectivity index (χ2v) is 4.14. The zero-order valence-corrected chi connectivity index (χ0v) is 10.0. The topological polar surface area (TPSA) is 70.7 Å². The second kappa shape index (κ2) is 4.45. The maximum Gasteiger partial charge on any atom is 0.221 e. The molecule has 1 amide bonds. The van der Waals surface area contributed by atoms with Gasteiger partial charge in [-0.2, -0.15) is 5.10 Å². The monoisotopic (exact) mass is 232 g/mol. The molecule has 0 aromatic heterocycles. The van der Waals surface area contributed by atoms with Gasteiger partial charge in [0.1, 0.15) is 5.84 Å². The lowest BCUT2D eigenvalue weighted by Gasteiger charge is -2.15. The number of benzene rings is 1. The summed E-state index contributed by atoms with van der Waals surface area (Å²) in [6.07, 6.45) is 0.798. The number of amidine groups is 1. The lowest BCUT2D eigenvalue weighted by Crippen LogP contribution is -2.13. The van der Waals surface area contributed by atoms with Crippen LogP contribution in [0.5, 0.6) is 0 Å². The number of nitrogens with zero attached hydrogens (tertiary/aromatic N) is 2. The van der Waals surface area contributed by atoms with Crippen molar-refractivity contribution in [3.63, 3.8) is 0 Å². The Labute approximate surface area is 100 Å². The van der Waals surface area contributed by atoms with E-state index in [1.807, 2.05) is 30.1 Å². The van der Waals surface area contributed by atoms with Gasteiger partial charge in [0.15, 0.2) is 0 Å². The normalized spacial score (nSPS) is 14.7. The quantitative estimate of drug-likeness (QED) is 0.810. The van der Waals surface area contributed by atoms with Gasteiger partial charge in [-0.15, -0.1) is 0 Å². The molecule has 1 aliphatic rings. The van der Waals surface area contributed by atoms with E-state index >= 15 is 0 Å². The van der Waals surface area contributed by atoms with Crippen molar-refractivity contribution in [2.24, 2.45) is 10.8 Å². The molecular formula is C12H16N4O. The van der Waals surface area contributed by atoms with Gasteiger partial charge in [-0.1, -0.05) is 0 Å². The smallest absolute Gasteiger partial charge is 0.221 e. The molecule has 90 valence electrons. The Bertz CT molecular complexity index is 481. The Morgan fingerprint density at radius 1 is 1.53 bits per heavy atom. The van der Waals surface area contributed by atoms with Crippen molar-refractivity contribution in [2.75, 3.05) is 16.9 Å². The molecule has 5 nitrogen and oxygen atoms in total. The number of nitrogens with one attached hydrogen (secondary N) is 1. The van der Waals surface area contributed by atoms with E-state index in [4.69, 9.17) is 5.73 Å². The molecule has 0 saturated carbocycles. The predicted molar refractivity (Wildman–Crippen MR) is 69.1 cm³/mol. The van der Waals surface area contributed by atoms with Gasteiger partial charge in [-0.3, -0.25) is 9.80 Å². The summed E-state index contributed by atoms with van der Waals surface area (Å²) in [5.41, 5.74) is 8.49. The fraction of sp³-hybridized carbons (Fsp3) is 0.333. The molecule has 1 aromatic carbocycles. The van der Waals surface area contributed by atoms with Gasteiger partial charge >= 0.3 is 0 Å². The summed E-state index contributed by atoms with van der Waals surface area (Å²) in [6.45, 7) is 4.27. The Kier molecular flexibility index (Phi) is 2.99. The first-order chi connectivity index (χ1) is 8.06. The number of carbonyl (C=O) groups is 1. The van der Waals surface area contributed by atoms with Gasteiger partial charge in [0.05, 0.1) is 5.69 Å². The molecule has 1 aromatic rings. The van der Waals surface area contributed by atoms with Gasteiger partial charge in [0, 0.05) is 25.6 Å². The molecule has 3 N–H and O–H groups in total. The average molecular weight is 232 g/mol. The fourth-order valence-corrected chi connectivity index (χ4v) is 1.80. The number of nitrogens with two attached hydrogens (primary N) is 1. The third-order valence-corrected chi connectivity index (χ3v) is 2.65. The number of hydrogen-bond donors (Lipinski definition) is 2. The van der Waals surface area contributed by atoms with Gasteiger partial charge in [-0.25, -0.2) is 0 Å². The van der Waals surface area contributed by atoms with Crippen LogP contribution in [-0.4, -0.2) is 18.3 Å². The van der Waals surface area contributed by atoms with E-state index in [0.29, 0.717) is 5.84 Å². The summed E-state index contributed by atoms with van der Waals surface area (Å²) in [7, 11) is 0. The Hall–Kier alpha value is -2.04. The Morgan fingerprint density at radius 3 is 2.82 bits per heavy atom. The molecule has 5 heteroatoms. The molecular weight excluding hydrogens is 216 g/mol. The van der Waals surface area contributed by atoms with Crippen LogP contribution in [0.3, 0.4) is 0 Å². The minimum atomic E-state index is -0.0655. The van der Waals surface area contributed by atoms with E-state index in [9.17, 15) is 4.79 Å². The summed E-state index contributed by atoms with van der Waals surface area (Å²) in [4.78, 5) is 11.0. The van der Waals surface area contributed by atoms with Crippen LogP contribution in [0, 0.1) is 6.92 Å². The van der Waals surface area contributed by atoms with Crippen LogP contribution in [-0.2, 0) is 4.79 Å². The van der Waals surface area contributed by atoms with Crippen molar-refractivity contribution in [3.8, 4) is 0 Å². The Balaban J connectivity index is 2.22. The number of rotatable bonds is 2. The minimum absolute atomic E-state index is 0.0655. The lowest BCUT2D eigenvalue weighted by atomic mass is 10.1. The fourth-order valence-electron chi connectivity index (χ4n) is 1.80. The average Bonchev–Trinajstić information content (AvgIpc) is 2.67. The van der Waals surface area contributed by atoms with Gasteiger partial charge in [0.2, 0.25) is 5.91 Å². The van der Waals surface area contributed by atoms with E-state index in [1.165, 1.54) is 6.92 Å². The predicted octanol–water partition coefficient (Wildman–Crippen LogP) is 1.44. The molecule has 1 aliphatic heterocycles. The largest absolute Gasteiger partial charge is 0.386 e. The summed E-state index contributed by atoms with van der Waals surface area (Å²) >= 11 is 0. The summed E-state index contributed by atoms with van der Waals surface area (Å²) < 4.78 is 0. The number of amides is 1. The van der Waals surface area contributed by atoms with Gasteiger partial charge < -0.3 is 11.1 Å². The molecule has 0 fully saturated rings. The zero-order valence-electron chi connectivity index (χ0n) is 10.0. The highest BCUT2D eigenvalue weighted by molar-refractivity contribution is 5.90. The van der Waals surface area contributed by atoms with Crippen molar-refractivity contribution < 1.29 is 4.79 Å². The van der Waals surface area contributed by atoms with Crippen LogP contribution < -0.4 is 16.1 Å². The molecule has 0 radical (unpaired) electrons. The number of aryl methyl sites for hydroxylation is 1. The lowest BCUT2D eigenvalue weighted by molar-refractivity contribution is -0.114. The van der Waals surface area contributed by atoms with Crippen LogP contribution in [0.2, 0.25) is 0 Å². The Morgan fingerprint density at radius 2 is 2.29 bits per heavy atom. The van der Waals surface area contributed by atoms with Gasteiger partial charge in [0.25, 0.3) is 0 Å². The van der Waals surface area contributed by atoms with Gasteiger partial charge in [-0.05, 0) is 30.7 Å². The molecule has 0 aliphatic carbocycles. The maximum atomic E-state index is 11.0. The van der Waals surface area contributed by atoms with Crippen LogP contribution in [0.15, 0.2) is 23.3 Å².